The van der Waals surface area contributed by atoms with Crippen molar-refractivity contribution in [3.05, 3.63) is 82.4 Å². The van der Waals surface area contributed by atoms with E-state index in [0.717, 1.165) is 45.7 Å². The Hall–Kier alpha value is -3.43. The molecule has 0 saturated carbocycles. The summed E-state index contributed by atoms with van der Waals surface area (Å²) in [5.41, 5.74) is 1.18. The predicted octanol–water partition coefficient (Wildman–Crippen LogP) is 5.98. The summed E-state index contributed by atoms with van der Waals surface area (Å²) in [5.74, 6) is -0.655. The van der Waals surface area contributed by atoms with Gasteiger partial charge in [-0.25, -0.2) is 8.42 Å². The second-order valence-electron chi connectivity index (χ2n) is 9.95. The molecule has 1 saturated heterocycles. The third-order valence-corrected chi connectivity index (χ3v) is 9.98. The van der Waals surface area contributed by atoms with Crippen LogP contribution in [0, 0.1) is 13.8 Å². The molecule has 0 radical (unpaired) electrons. The zero-order valence-corrected chi connectivity index (χ0v) is 25.9. The Morgan fingerprint density at radius 3 is 2.39 bits per heavy atom. The van der Waals surface area contributed by atoms with Gasteiger partial charge in [-0.15, -0.1) is 10.2 Å². The van der Waals surface area contributed by atoms with E-state index in [9.17, 15) is 26.4 Å². The third-order valence-electron chi connectivity index (χ3n) is 6.92. The predicted molar refractivity (Wildman–Crippen MR) is 162 cm³/mol. The SMILES string of the molecule is Cc1cccc(C)c1NC(=O)CSc1nnc(-c2cccc(S(=O)(=O)N3CCOCC3)c2)n1-c1cc(Cl)ccc1C(F)(F)F. The number of amides is 1. The number of morpholine rings is 1. The summed E-state index contributed by atoms with van der Waals surface area (Å²) in [7, 11) is -3.92. The number of ether oxygens (including phenoxy) is 1. The zero-order valence-electron chi connectivity index (χ0n) is 23.6. The van der Waals surface area contributed by atoms with Gasteiger partial charge >= 0.3 is 6.18 Å². The van der Waals surface area contributed by atoms with Crippen molar-refractivity contribution in [2.45, 2.75) is 30.1 Å². The van der Waals surface area contributed by atoms with Gasteiger partial charge in [0, 0.05) is 29.4 Å². The fourth-order valence-electron chi connectivity index (χ4n) is 4.75. The number of aromatic nitrogens is 3. The molecular formula is C29H27ClF3N5O4S2. The van der Waals surface area contributed by atoms with Crippen LogP contribution in [0.4, 0.5) is 18.9 Å². The average Bonchev–Trinajstić information content (AvgIpc) is 3.42. The first kappa shape index (κ1) is 32.0. The number of aryl methyl sites for hydroxylation is 2. The molecule has 9 nitrogen and oxygen atoms in total. The van der Waals surface area contributed by atoms with Crippen LogP contribution in [0.25, 0.3) is 17.1 Å². The lowest BCUT2D eigenvalue weighted by molar-refractivity contribution is -0.137. The van der Waals surface area contributed by atoms with Crippen LogP contribution in [0.1, 0.15) is 16.7 Å². The lowest BCUT2D eigenvalue weighted by Crippen LogP contribution is -2.40. The van der Waals surface area contributed by atoms with Crippen molar-refractivity contribution in [3.63, 3.8) is 0 Å². The number of hydrogen-bond donors (Lipinski definition) is 1. The number of nitrogens with one attached hydrogen (secondary N) is 1. The second-order valence-corrected chi connectivity index (χ2v) is 13.3. The van der Waals surface area contributed by atoms with Crippen molar-refractivity contribution >= 4 is 45.0 Å². The number of thioether (sulfide) groups is 1. The molecule has 1 amide bonds. The third kappa shape index (κ3) is 6.79. The largest absolute Gasteiger partial charge is 0.418 e. The number of alkyl halides is 3. The molecule has 0 bridgehead atoms. The van der Waals surface area contributed by atoms with Crippen LogP contribution in [0.15, 0.2) is 70.7 Å². The Balaban J connectivity index is 1.56. The quantitative estimate of drug-likeness (QED) is 0.231. The fraction of sp³-hybridized carbons (Fsp3) is 0.276. The molecule has 0 atom stereocenters. The number of anilines is 1. The van der Waals surface area contributed by atoms with E-state index >= 15 is 0 Å². The van der Waals surface area contributed by atoms with Gasteiger partial charge in [-0.2, -0.15) is 17.5 Å². The van der Waals surface area contributed by atoms with E-state index in [1.165, 1.54) is 28.6 Å². The van der Waals surface area contributed by atoms with Crippen molar-refractivity contribution < 1.29 is 31.1 Å². The molecule has 1 aliphatic rings. The summed E-state index contributed by atoms with van der Waals surface area (Å²) in [6.07, 6.45) is -4.77. The Kier molecular flexibility index (Phi) is 9.37. The lowest BCUT2D eigenvalue weighted by atomic mass is 10.1. The van der Waals surface area contributed by atoms with E-state index in [4.69, 9.17) is 16.3 Å². The van der Waals surface area contributed by atoms with Gasteiger partial charge in [0.2, 0.25) is 15.9 Å². The number of nitrogens with zero attached hydrogens (tertiary/aromatic N) is 4. The monoisotopic (exact) mass is 665 g/mol. The number of halogens is 4. The number of hydrogen-bond acceptors (Lipinski definition) is 7. The van der Waals surface area contributed by atoms with Crippen molar-refractivity contribution in [1.29, 1.82) is 0 Å². The Labute approximate surface area is 261 Å². The van der Waals surface area contributed by atoms with E-state index in [2.05, 4.69) is 15.5 Å². The first-order valence-corrected chi connectivity index (χ1v) is 16.2. The molecule has 3 aromatic carbocycles. The Morgan fingerprint density at radius 1 is 1.02 bits per heavy atom. The van der Waals surface area contributed by atoms with E-state index < -0.39 is 27.7 Å². The van der Waals surface area contributed by atoms with Crippen LogP contribution >= 0.6 is 23.4 Å². The highest BCUT2D eigenvalue weighted by Crippen LogP contribution is 2.39. The molecule has 4 aromatic rings. The minimum Gasteiger partial charge on any atom is -0.379 e. The van der Waals surface area contributed by atoms with Crippen molar-refractivity contribution in [2.24, 2.45) is 0 Å². The molecule has 0 unspecified atom stereocenters. The summed E-state index contributed by atoms with van der Waals surface area (Å²) in [5, 5.41) is 11.1. The summed E-state index contributed by atoms with van der Waals surface area (Å²) < 4.78 is 77.1. The molecule has 0 aliphatic carbocycles. The summed E-state index contributed by atoms with van der Waals surface area (Å²) in [6, 6.07) is 14.4. The van der Waals surface area contributed by atoms with Crippen molar-refractivity contribution in [2.75, 3.05) is 37.4 Å². The maximum absolute atomic E-state index is 14.2. The molecule has 1 aromatic heterocycles. The maximum atomic E-state index is 14.2. The lowest BCUT2D eigenvalue weighted by Gasteiger charge is -2.26. The van der Waals surface area contributed by atoms with Gasteiger partial charge in [0.25, 0.3) is 0 Å². The second kappa shape index (κ2) is 12.9. The van der Waals surface area contributed by atoms with Crippen LogP contribution in [0.5, 0.6) is 0 Å². The summed E-state index contributed by atoms with van der Waals surface area (Å²) in [4.78, 5) is 12.9. The fourth-order valence-corrected chi connectivity index (χ4v) is 7.11. The average molecular weight is 666 g/mol. The first-order chi connectivity index (χ1) is 20.9. The number of carbonyl (C=O) groups is 1. The molecule has 2 heterocycles. The van der Waals surface area contributed by atoms with E-state index in [1.807, 2.05) is 32.0 Å². The highest BCUT2D eigenvalue weighted by molar-refractivity contribution is 7.99. The van der Waals surface area contributed by atoms with E-state index in [0.29, 0.717) is 5.69 Å². The molecule has 5 rings (SSSR count). The summed E-state index contributed by atoms with van der Waals surface area (Å²) >= 11 is 7.05. The highest BCUT2D eigenvalue weighted by Gasteiger charge is 2.36. The van der Waals surface area contributed by atoms with Gasteiger partial charge in [0.1, 0.15) is 0 Å². The first-order valence-electron chi connectivity index (χ1n) is 13.4. The highest BCUT2D eigenvalue weighted by atomic mass is 35.5. The van der Waals surface area contributed by atoms with Gasteiger partial charge in [-0.1, -0.05) is 53.7 Å². The smallest absolute Gasteiger partial charge is 0.379 e. The number of rotatable bonds is 8. The Bertz CT molecular complexity index is 1790. The molecule has 1 fully saturated rings. The normalized spacial score (nSPS) is 14.5. The zero-order chi connectivity index (χ0) is 31.6. The minimum absolute atomic E-state index is 0.0224. The van der Waals surface area contributed by atoms with Crippen LogP contribution < -0.4 is 5.32 Å². The van der Waals surface area contributed by atoms with Gasteiger partial charge < -0.3 is 10.1 Å². The molecule has 1 aliphatic heterocycles. The number of para-hydroxylation sites is 1. The van der Waals surface area contributed by atoms with Gasteiger partial charge in [0.15, 0.2) is 11.0 Å². The molecular weight excluding hydrogens is 639 g/mol. The standard InChI is InChI=1S/C29H27ClF3N5O4S2/c1-18-5-3-6-19(2)26(18)34-25(39)17-43-28-36-35-27(38(28)24-16-21(30)9-10-23(24)29(31,32)33)20-7-4-8-22(15-20)44(40,41)37-11-13-42-14-12-37/h3-10,15-16H,11-14,17H2,1-2H3,(H,34,39). The number of benzene rings is 3. The molecule has 232 valence electrons. The van der Waals surface area contributed by atoms with Crippen LogP contribution in [0.3, 0.4) is 0 Å². The van der Waals surface area contributed by atoms with Crippen molar-refractivity contribution in [3.8, 4) is 17.1 Å². The van der Waals surface area contributed by atoms with Gasteiger partial charge in [-0.3, -0.25) is 9.36 Å². The van der Waals surface area contributed by atoms with Gasteiger partial charge in [0.05, 0.1) is 35.1 Å². The topological polar surface area (TPSA) is 106 Å². The van der Waals surface area contributed by atoms with Crippen LogP contribution in [-0.2, 0) is 25.7 Å². The maximum Gasteiger partial charge on any atom is 0.418 e. The molecule has 44 heavy (non-hydrogen) atoms. The van der Waals surface area contributed by atoms with E-state index in [-0.39, 0.29) is 64.2 Å². The number of carbonyl (C=O) groups excluding carboxylic acids is 1. The molecule has 0 spiro atoms. The van der Waals surface area contributed by atoms with Crippen LogP contribution in [-0.4, -0.2) is 65.5 Å². The summed E-state index contributed by atoms with van der Waals surface area (Å²) in [6.45, 7) is 4.55. The Morgan fingerprint density at radius 2 is 1.70 bits per heavy atom. The van der Waals surface area contributed by atoms with Gasteiger partial charge in [-0.05, 0) is 55.3 Å². The molecule has 1 N–H and O–H groups in total. The number of sulfonamides is 1. The van der Waals surface area contributed by atoms with E-state index in [1.54, 1.807) is 0 Å². The van der Waals surface area contributed by atoms with Crippen molar-refractivity contribution in [1.82, 2.24) is 19.1 Å². The van der Waals surface area contributed by atoms with Crippen LogP contribution in [0.2, 0.25) is 5.02 Å². The minimum atomic E-state index is -4.77. The molecule has 15 heteroatoms.